The van der Waals surface area contributed by atoms with Gasteiger partial charge >= 0.3 is 0 Å². The molecule has 2 amide bonds. The van der Waals surface area contributed by atoms with Crippen molar-refractivity contribution in [1.29, 1.82) is 0 Å². The number of aromatic nitrogens is 1. The number of halogens is 1. The second-order valence-electron chi connectivity index (χ2n) is 6.15. The van der Waals surface area contributed by atoms with E-state index in [9.17, 15) is 14.0 Å². The molecule has 0 fully saturated rings. The average molecular weight is 363 g/mol. The second-order valence-corrected chi connectivity index (χ2v) is 6.15. The van der Waals surface area contributed by atoms with Gasteiger partial charge in [-0.05, 0) is 49.2 Å². The van der Waals surface area contributed by atoms with E-state index in [0.717, 1.165) is 16.8 Å². The molecule has 0 saturated carbocycles. The third-order valence-corrected chi connectivity index (χ3v) is 4.06. The number of amides is 2. The predicted molar refractivity (Wildman–Crippen MR) is 102 cm³/mol. The molecule has 3 aromatic rings. The minimum absolute atomic E-state index is 0.202. The van der Waals surface area contributed by atoms with Gasteiger partial charge < -0.3 is 10.6 Å². The van der Waals surface area contributed by atoms with E-state index in [1.165, 1.54) is 36.7 Å². The Balaban J connectivity index is 1.78. The van der Waals surface area contributed by atoms with E-state index < -0.39 is 11.7 Å². The summed E-state index contributed by atoms with van der Waals surface area (Å²) in [7, 11) is 0. The summed E-state index contributed by atoms with van der Waals surface area (Å²) < 4.78 is 13.2. The van der Waals surface area contributed by atoms with Gasteiger partial charge in [0.05, 0.1) is 11.1 Å². The Morgan fingerprint density at radius 2 is 1.44 bits per heavy atom. The van der Waals surface area contributed by atoms with E-state index in [1.807, 2.05) is 32.0 Å². The van der Waals surface area contributed by atoms with E-state index in [4.69, 9.17) is 0 Å². The van der Waals surface area contributed by atoms with Gasteiger partial charge in [0.2, 0.25) is 0 Å². The molecule has 2 N–H and O–H groups in total. The summed E-state index contributed by atoms with van der Waals surface area (Å²) in [5, 5.41) is 5.44. The number of aryl methyl sites for hydroxylation is 2. The molecule has 0 aliphatic carbocycles. The first-order valence-electron chi connectivity index (χ1n) is 8.33. The Hall–Kier alpha value is -3.54. The van der Waals surface area contributed by atoms with Crippen LogP contribution in [0, 0.1) is 19.7 Å². The molecule has 0 radical (unpaired) electrons. The van der Waals surface area contributed by atoms with Crippen molar-refractivity contribution in [1.82, 2.24) is 4.98 Å². The fraction of sp³-hybridized carbons (Fsp3) is 0.0952. The maximum absolute atomic E-state index is 13.2. The van der Waals surface area contributed by atoms with Crippen molar-refractivity contribution in [2.24, 2.45) is 0 Å². The molecule has 0 aliphatic heterocycles. The molecule has 27 heavy (non-hydrogen) atoms. The average Bonchev–Trinajstić information content (AvgIpc) is 2.65. The lowest BCUT2D eigenvalue weighted by Crippen LogP contribution is -2.17. The fourth-order valence-electron chi connectivity index (χ4n) is 2.66. The standard InChI is InChI=1S/C21H18FN3O2/c1-13-5-3-6-14(2)19(13)25-21(27)16-9-15(11-23-12-16)20(26)24-18-8-4-7-17(22)10-18/h3-12H,1-2H3,(H,24,26)(H,25,27). The first kappa shape index (κ1) is 18.3. The molecule has 0 atom stereocenters. The number of carbonyl (C=O) groups excluding carboxylic acids is 2. The van der Waals surface area contributed by atoms with Gasteiger partial charge in [0.25, 0.3) is 11.8 Å². The maximum Gasteiger partial charge on any atom is 0.257 e. The quantitative estimate of drug-likeness (QED) is 0.724. The lowest BCUT2D eigenvalue weighted by atomic mass is 10.1. The molecule has 1 heterocycles. The van der Waals surface area contributed by atoms with Crippen LogP contribution < -0.4 is 10.6 Å². The van der Waals surface area contributed by atoms with Gasteiger partial charge in [0.1, 0.15) is 5.82 Å². The largest absolute Gasteiger partial charge is 0.322 e. The molecule has 0 saturated heterocycles. The van der Waals surface area contributed by atoms with E-state index in [-0.39, 0.29) is 17.0 Å². The molecular weight excluding hydrogens is 345 g/mol. The highest BCUT2D eigenvalue weighted by atomic mass is 19.1. The Bertz CT molecular complexity index is 998. The summed E-state index contributed by atoms with van der Waals surface area (Å²) in [6, 6.07) is 12.7. The van der Waals surface area contributed by atoms with Gasteiger partial charge in [-0.3, -0.25) is 14.6 Å². The molecular formula is C21H18FN3O2. The van der Waals surface area contributed by atoms with Gasteiger partial charge in [-0.1, -0.05) is 24.3 Å². The van der Waals surface area contributed by atoms with E-state index in [2.05, 4.69) is 15.6 Å². The normalized spacial score (nSPS) is 10.3. The van der Waals surface area contributed by atoms with Gasteiger partial charge in [-0.15, -0.1) is 0 Å². The van der Waals surface area contributed by atoms with Crippen LogP contribution in [-0.2, 0) is 0 Å². The number of nitrogens with one attached hydrogen (secondary N) is 2. The molecule has 0 spiro atoms. The minimum Gasteiger partial charge on any atom is -0.322 e. The highest BCUT2D eigenvalue weighted by Gasteiger charge is 2.14. The number of hydrogen-bond donors (Lipinski definition) is 2. The maximum atomic E-state index is 13.2. The molecule has 0 bridgehead atoms. The van der Waals surface area contributed by atoms with E-state index >= 15 is 0 Å². The smallest absolute Gasteiger partial charge is 0.257 e. The highest BCUT2D eigenvalue weighted by Crippen LogP contribution is 2.20. The molecule has 136 valence electrons. The number of rotatable bonds is 4. The van der Waals surface area contributed by atoms with Crippen LogP contribution in [-0.4, -0.2) is 16.8 Å². The number of para-hydroxylation sites is 1. The lowest BCUT2D eigenvalue weighted by Gasteiger charge is -2.12. The summed E-state index contributed by atoms with van der Waals surface area (Å²) in [4.78, 5) is 28.9. The Morgan fingerprint density at radius 1 is 0.852 bits per heavy atom. The summed E-state index contributed by atoms with van der Waals surface area (Å²) >= 11 is 0. The highest BCUT2D eigenvalue weighted by molar-refractivity contribution is 6.08. The van der Waals surface area contributed by atoms with Crippen LogP contribution in [0.1, 0.15) is 31.8 Å². The summed E-state index contributed by atoms with van der Waals surface area (Å²) in [5.74, 6) is -1.29. The zero-order chi connectivity index (χ0) is 19.4. The van der Waals surface area contributed by atoms with Crippen molar-refractivity contribution in [2.75, 3.05) is 10.6 Å². The molecule has 0 aliphatic rings. The number of carbonyl (C=O) groups is 2. The summed E-state index contributed by atoms with van der Waals surface area (Å²) in [6.07, 6.45) is 2.74. The monoisotopic (exact) mass is 363 g/mol. The molecule has 3 rings (SSSR count). The van der Waals surface area contributed by atoms with Gasteiger partial charge in [-0.25, -0.2) is 4.39 Å². The fourth-order valence-corrected chi connectivity index (χ4v) is 2.66. The van der Waals surface area contributed by atoms with Gasteiger partial charge in [-0.2, -0.15) is 0 Å². The number of hydrogen-bond acceptors (Lipinski definition) is 3. The van der Waals surface area contributed by atoms with Crippen molar-refractivity contribution in [2.45, 2.75) is 13.8 Å². The third-order valence-electron chi connectivity index (χ3n) is 4.06. The molecule has 6 heteroatoms. The summed E-state index contributed by atoms with van der Waals surface area (Å²) in [5.41, 5.74) is 3.40. The topological polar surface area (TPSA) is 71.1 Å². The zero-order valence-electron chi connectivity index (χ0n) is 14.9. The van der Waals surface area contributed by atoms with Gasteiger partial charge in [0.15, 0.2) is 0 Å². The SMILES string of the molecule is Cc1cccc(C)c1NC(=O)c1cncc(C(=O)Nc2cccc(F)c2)c1. The second kappa shape index (κ2) is 7.78. The van der Waals surface area contributed by atoms with Crippen LogP contribution in [0.4, 0.5) is 15.8 Å². The first-order valence-corrected chi connectivity index (χ1v) is 8.33. The molecule has 5 nitrogen and oxygen atoms in total. The van der Waals surface area contributed by atoms with E-state index in [0.29, 0.717) is 5.69 Å². The Labute approximate surface area is 156 Å². The van der Waals surface area contributed by atoms with Crippen LogP contribution in [0.25, 0.3) is 0 Å². The minimum atomic E-state index is -0.477. The predicted octanol–water partition coefficient (Wildman–Crippen LogP) is 4.34. The molecule has 1 aromatic heterocycles. The molecule has 2 aromatic carbocycles. The van der Waals surface area contributed by atoms with Crippen molar-refractivity contribution < 1.29 is 14.0 Å². The number of nitrogens with zero attached hydrogens (tertiary/aromatic N) is 1. The zero-order valence-corrected chi connectivity index (χ0v) is 14.9. The van der Waals surface area contributed by atoms with Crippen LogP contribution in [0.15, 0.2) is 60.9 Å². The number of pyridine rings is 1. The van der Waals surface area contributed by atoms with Crippen molar-refractivity contribution in [3.63, 3.8) is 0 Å². The lowest BCUT2D eigenvalue weighted by molar-refractivity contribution is 0.102. The van der Waals surface area contributed by atoms with Crippen LogP contribution in [0.5, 0.6) is 0 Å². The van der Waals surface area contributed by atoms with Gasteiger partial charge in [0, 0.05) is 23.8 Å². The van der Waals surface area contributed by atoms with E-state index in [1.54, 1.807) is 6.07 Å². The van der Waals surface area contributed by atoms with Crippen molar-refractivity contribution >= 4 is 23.2 Å². The van der Waals surface area contributed by atoms with Crippen LogP contribution in [0.2, 0.25) is 0 Å². The van der Waals surface area contributed by atoms with Crippen molar-refractivity contribution in [3.8, 4) is 0 Å². The number of anilines is 2. The Morgan fingerprint density at radius 3 is 2.07 bits per heavy atom. The number of benzene rings is 2. The third kappa shape index (κ3) is 4.36. The Kier molecular flexibility index (Phi) is 5.26. The van der Waals surface area contributed by atoms with Crippen LogP contribution >= 0.6 is 0 Å². The molecule has 0 unspecified atom stereocenters. The van der Waals surface area contributed by atoms with Crippen LogP contribution in [0.3, 0.4) is 0 Å². The first-order chi connectivity index (χ1) is 12.9. The van der Waals surface area contributed by atoms with Crippen molar-refractivity contribution in [3.05, 3.63) is 89.0 Å². The summed E-state index contributed by atoms with van der Waals surface area (Å²) in [6.45, 7) is 3.81.